The molecule has 4 rings (SSSR count). The Morgan fingerprint density at radius 3 is 2.90 bits per heavy atom. The Labute approximate surface area is 120 Å². The van der Waals surface area contributed by atoms with Gasteiger partial charge in [-0.2, -0.15) is 0 Å². The highest BCUT2D eigenvalue weighted by Gasteiger charge is 2.51. The average Bonchev–Trinajstić information content (AvgIpc) is 2.89. The fourth-order valence-corrected chi connectivity index (χ4v) is 3.31. The van der Waals surface area contributed by atoms with Gasteiger partial charge in [0, 0.05) is 11.6 Å². The molecule has 0 spiro atoms. The summed E-state index contributed by atoms with van der Waals surface area (Å²) in [5.74, 6) is 1.76. The number of hydrogen-bond donors (Lipinski definition) is 0. The molecule has 2 heterocycles. The second-order valence-corrected chi connectivity index (χ2v) is 6.16. The number of ketones is 1. The summed E-state index contributed by atoms with van der Waals surface area (Å²) in [7, 11) is 0. The predicted octanol–water partition coefficient (Wildman–Crippen LogP) is 2.72. The molecular formula is C15H13NO3S. The van der Waals surface area contributed by atoms with E-state index in [1.807, 2.05) is 23.6 Å². The molecule has 4 nitrogen and oxygen atoms in total. The van der Waals surface area contributed by atoms with Gasteiger partial charge >= 0.3 is 0 Å². The summed E-state index contributed by atoms with van der Waals surface area (Å²) < 4.78 is 10.7. The van der Waals surface area contributed by atoms with Crippen LogP contribution in [0.1, 0.15) is 23.4 Å². The number of Topliss-reactive ketones (excluding diaryl/α,β-unsaturated/α-hetero) is 1. The second-order valence-electron chi connectivity index (χ2n) is 5.18. The Bertz CT molecular complexity index is 662. The molecule has 2 aromatic rings. The van der Waals surface area contributed by atoms with Crippen LogP contribution in [0.4, 0.5) is 0 Å². The third-order valence-corrected chi connectivity index (χ3v) is 4.78. The van der Waals surface area contributed by atoms with Gasteiger partial charge in [-0.15, -0.1) is 11.3 Å². The summed E-state index contributed by atoms with van der Waals surface area (Å²) in [6.45, 7) is 0.263. The third kappa shape index (κ3) is 1.81. The SMILES string of the molecule is O=C(Cc1nccs1)C1(c2ccc3c(c2)OCO3)CC1. The lowest BCUT2D eigenvalue weighted by Gasteiger charge is -2.14. The standard InChI is InChI=1S/C15H13NO3S/c17-13(8-14-16-5-6-20-14)15(3-4-15)10-1-2-11-12(7-10)19-9-18-11/h1-2,5-7H,3-4,8-9H2. The zero-order valence-corrected chi connectivity index (χ0v) is 11.6. The van der Waals surface area contributed by atoms with Gasteiger partial charge in [0.2, 0.25) is 6.79 Å². The third-order valence-electron chi connectivity index (χ3n) is 4.00. The first-order chi connectivity index (χ1) is 9.78. The molecule has 2 aliphatic rings. The Hall–Kier alpha value is -1.88. The number of fused-ring (bicyclic) bond motifs is 1. The zero-order chi connectivity index (χ0) is 13.6. The summed E-state index contributed by atoms with van der Waals surface area (Å²) in [6, 6.07) is 5.84. The van der Waals surface area contributed by atoms with Crippen molar-refractivity contribution in [3.63, 3.8) is 0 Å². The van der Waals surface area contributed by atoms with Gasteiger partial charge < -0.3 is 9.47 Å². The molecule has 0 atom stereocenters. The minimum atomic E-state index is -0.327. The molecule has 1 aliphatic carbocycles. The Balaban J connectivity index is 1.62. The number of ether oxygens (including phenoxy) is 2. The fourth-order valence-electron chi connectivity index (χ4n) is 2.69. The molecule has 0 amide bonds. The highest BCUT2D eigenvalue weighted by Crippen LogP contribution is 2.51. The maximum Gasteiger partial charge on any atom is 0.231 e. The molecule has 0 saturated heterocycles. The van der Waals surface area contributed by atoms with Gasteiger partial charge in [0.25, 0.3) is 0 Å². The largest absolute Gasteiger partial charge is 0.454 e. The van der Waals surface area contributed by atoms with Crippen molar-refractivity contribution in [2.75, 3.05) is 6.79 Å². The zero-order valence-electron chi connectivity index (χ0n) is 10.8. The Morgan fingerprint density at radius 1 is 1.30 bits per heavy atom. The van der Waals surface area contributed by atoms with Crippen LogP contribution >= 0.6 is 11.3 Å². The first kappa shape index (κ1) is 11.9. The lowest BCUT2D eigenvalue weighted by atomic mass is 9.89. The van der Waals surface area contributed by atoms with E-state index in [9.17, 15) is 4.79 Å². The first-order valence-electron chi connectivity index (χ1n) is 6.60. The summed E-state index contributed by atoms with van der Waals surface area (Å²) in [5.41, 5.74) is 0.718. The van der Waals surface area contributed by atoms with E-state index < -0.39 is 0 Å². The molecule has 1 saturated carbocycles. The van der Waals surface area contributed by atoms with Crippen LogP contribution in [0, 0.1) is 0 Å². The van der Waals surface area contributed by atoms with E-state index in [0.29, 0.717) is 6.42 Å². The van der Waals surface area contributed by atoms with Crippen molar-refractivity contribution in [1.82, 2.24) is 4.98 Å². The second kappa shape index (κ2) is 4.31. The number of aromatic nitrogens is 1. The molecule has 1 aliphatic heterocycles. The monoisotopic (exact) mass is 287 g/mol. The number of hydrogen-bond acceptors (Lipinski definition) is 5. The molecule has 20 heavy (non-hydrogen) atoms. The van der Waals surface area contributed by atoms with Crippen molar-refractivity contribution < 1.29 is 14.3 Å². The van der Waals surface area contributed by atoms with E-state index in [2.05, 4.69) is 4.98 Å². The number of benzene rings is 1. The lowest BCUT2D eigenvalue weighted by Crippen LogP contribution is -2.22. The van der Waals surface area contributed by atoms with E-state index in [-0.39, 0.29) is 18.0 Å². The molecule has 1 aromatic carbocycles. The minimum absolute atomic E-state index is 0.256. The molecule has 0 bridgehead atoms. The summed E-state index contributed by atoms with van der Waals surface area (Å²) >= 11 is 1.53. The number of carbonyl (C=O) groups is 1. The number of carbonyl (C=O) groups excluding carboxylic acids is 1. The number of rotatable bonds is 4. The fraction of sp³-hybridized carbons (Fsp3) is 0.333. The normalized spacial score (nSPS) is 18.0. The van der Waals surface area contributed by atoms with E-state index in [4.69, 9.17) is 9.47 Å². The predicted molar refractivity (Wildman–Crippen MR) is 74.3 cm³/mol. The van der Waals surface area contributed by atoms with Crippen molar-refractivity contribution in [3.8, 4) is 11.5 Å². The van der Waals surface area contributed by atoms with Gasteiger partial charge in [0.05, 0.1) is 16.8 Å². The molecule has 1 fully saturated rings. The first-order valence-corrected chi connectivity index (χ1v) is 7.48. The molecule has 102 valence electrons. The smallest absolute Gasteiger partial charge is 0.231 e. The highest BCUT2D eigenvalue weighted by molar-refractivity contribution is 7.09. The summed E-state index contributed by atoms with van der Waals surface area (Å²) in [6.07, 6.45) is 3.99. The van der Waals surface area contributed by atoms with Gasteiger partial charge in [-0.3, -0.25) is 4.79 Å². The van der Waals surface area contributed by atoms with E-state index in [1.165, 1.54) is 11.3 Å². The van der Waals surface area contributed by atoms with Gasteiger partial charge in [0.15, 0.2) is 11.5 Å². The van der Waals surface area contributed by atoms with Crippen molar-refractivity contribution in [1.29, 1.82) is 0 Å². The summed E-state index contributed by atoms with van der Waals surface area (Å²) in [5, 5.41) is 2.80. The van der Waals surface area contributed by atoms with Gasteiger partial charge in [-0.05, 0) is 30.5 Å². The maximum absolute atomic E-state index is 12.6. The minimum Gasteiger partial charge on any atom is -0.454 e. The quantitative estimate of drug-likeness (QED) is 0.867. The molecule has 5 heteroatoms. The van der Waals surface area contributed by atoms with Crippen LogP contribution in [0.25, 0.3) is 0 Å². The Morgan fingerprint density at radius 2 is 2.15 bits per heavy atom. The number of nitrogens with zero attached hydrogens (tertiary/aromatic N) is 1. The average molecular weight is 287 g/mol. The highest BCUT2D eigenvalue weighted by atomic mass is 32.1. The van der Waals surface area contributed by atoms with Gasteiger partial charge in [-0.25, -0.2) is 4.98 Å². The van der Waals surface area contributed by atoms with Crippen molar-refractivity contribution in [2.24, 2.45) is 0 Å². The van der Waals surface area contributed by atoms with Gasteiger partial charge in [0.1, 0.15) is 5.78 Å². The van der Waals surface area contributed by atoms with E-state index in [1.54, 1.807) is 6.20 Å². The van der Waals surface area contributed by atoms with Crippen LogP contribution < -0.4 is 9.47 Å². The van der Waals surface area contributed by atoms with Crippen LogP contribution in [0.15, 0.2) is 29.8 Å². The van der Waals surface area contributed by atoms with Crippen molar-refractivity contribution >= 4 is 17.1 Å². The van der Waals surface area contributed by atoms with Gasteiger partial charge in [-0.1, -0.05) is 6.07 Å². The van der Waals surface area contributed by atoms with Crippen molar-refractivity contribution in [3.05, 3.63) is 40.3 Å². The maximum atomic E-state index is 12.6. The molecule has 0 unspecified atom stereocenters. The molecule has 0 radical (unpaired) electrons. The van der Waals surface area contributed by atoms with Crippen molar-refractivity contribution in [2.45, 2.75) is 24.7 Å². The van der Waals surface area contributed by atoms with Crippen LogP contribution in [0.5, 0.6) is 11.5 Å². The van der Waals surface area contributed by atoms with E-state index in [0.717, 1.165) is 34.9 Å². The molecule has 0 N–H and O–H groups in total. The van der Waals surface area contributed by atoms with E-state index >= 15 is 0 Å². The van der Waals surface area contributed by atoms with Crippen LogP contribution in [-0.4, -0.2) is 17.6 Å². The molecular weight excluding hydrogens is 274 g/mol. The van der Waals surface area contributed by atoms with Crippen LogP contribution in [0.2, 0.25) is 0 Å². The Kier molecular flexibility index (Phi) is 2.57. The lowest BCUT2D eigenvalue weighted by molar-refractivity contribution is -0.120. The summed E-state index contributed by atoms with van der Waals surface area (Å²) in [4.78, 5) is 16.8. The van der Waals surface area contributed by atoms with Crippen LogP contribution in [0.3, 0.4) is 0 Å². The molecule has 1 aromatic heterocycles. The van der Waals surface area contributed by atoms with Crippen LogP contribution in [-0.2, 0) is 16.6 Å². The topological polar surface area (TPSA) is 48.4 Å². The number of thiazole rings is 1.